The second-order valence-corrected chi connectivity index (χ2v) is 5.80. The minimum Gasteiger partial charge on any atom is -0.465 e. The summed E-state index contributed by atoms with van der Waals surface area (Å²) in [6, 6.07) is 6.24. The van der Waals surface area contributed by atoms with Crippen LogP contribution in [-0.4, -0.2) is 30.9 Å². The van der Waals surface area contributed by atoms with Crippen molar-refractivity contribution in [2.45, 2.75) is 13.5 Å². The van der Waals surface area contributed by atoms with Gasteiger partial charge in [0.1, 0.15) is 17.1 Å². The molecule has 0 atom stereocenters. The number of methoxy groups -OCH3 is 1. The minimum atomic E-state index is -0.479. The van der Waals surface area contributed by atoms with Crippen molar-refractivity contribution in [1.29, 1.82) is 0 Å². The van der Waals surface area contributed by atoms with Crippen LogP contribution in [-0.2, 0) is 11.3 Å². The Morgan fingerprint density at radius 3 is 2.52 bits per heavy atom. The molecule has 1 aromatic carbocycles. The monoisotopic (exact) mass is 355 g/mol. The smallest absolute Gasteiger partial charge is 0.341 e. The van der Waals surface area contributed by atoms with Gasteiger partial charge in [-0.3, -0.25) is 4.79 Å². The van der Waals surface area contributed by atoms with Crippen molar-refractivity contribution in [3.05, 3.63) is 57.0 Å². The lowest BCUT2D eigenvalue weighted by Crippen LogP contribution is -2.26. The Kier molecular flexibility index (Phi) is 5.34. The van der Waals surface area contributed by atoms with E-state index in [4.69, 9.17) is 27.6 Å². The predicted octanol–water partition coefficient (Wildman–Crippen LogP) is 3.95. The molecule has 1 amide bonds. The number of nitrogens with zero attached hydrogens (tertiary/aromatic N) is 1. The van der Waals surface area contributed by atoms with Gasteiger partial charge in [0, 0.05) is 12.1 Å². The summed E-state index contributed by atoms with van der Waals surface area (Å²) in [6.07, 6.45) is 0. The van der Waals surface area contributed by atoms with Crippen molar-refractivity contribution >= 4 is 35.1 Å². The van der Waals surface area contributed by atoms with Crippen molar-refractivity contribution < 1.29 is 18.7 Å². The second-order valence-electron chi connectivity index (χ2n) is 4.96. The highest BCUT2D eigenvalue weighted by molar-refractivity contribution is 6.36. The molecule has 2 aromatic rings. The van der Waals surface area contributed by atoms with E-state index in [1.54, 1.807) is 32.2 Å². The Bertz CT molecular complexity index is 755. The normalized spacial score (nSPS) is 10.5. The van der Waals surface area contributed by atoms with Crippen LogP contribution >= 0.6 is 23.2 Å². The fraction of sp³-hybridized carbons (Fsp3) is 0.250. The molecule has 0 aliphatic heterocycles. The second kappa shape index (κ2) is 7.06. The van der Waals surface area contributed by atoms with Crippen LogP contribution < -0.4 is 0 Å². The highest BCUT2D eigenvalue weighted by Crippen LogP contribution is 2.23. The van der Waals surface area contributed by atoms with Crippen molar-refractivity contribution in [2.24, 2.45) is 0 Å². The first kappa shape index (κ1) is 17.4. The van der Waals surface area contributed by atoms with Gasteiger partial charge < -0.3 is 14.1 Å². The van der Waals surface area contributed by atoms with E-state index >= 15 is 0 Å². The van der Waals surface area contributed by atoms with Crippen molar-refractivity contribution in [3.8, 4) is 0 Å². The number of hydrogen-bond acceptors (Lipinski definition) is 4. The zero-order chi connectivity index (χ0) is 17.1. The van der Waals surface area contributed by atoms with Crippen LogP contribution in [0.25, 0.3) is 0 Å². The number of rotatable bonds is 4. The molecule has 5 nitrogen and oxygen atoms in total. The van der Waals surface area contributed by atoms with Crippen LogP contribution in [0.4, 0.5) is 0 Å². The number of carbonyl (C=O) groups excluding carboxylic acids is 2. The van der Waals surface area contributed by atoms with E-state index in [2.05, 4.69) is 4.74 Å². The van der Waals surface area contributed by atoms with Crippen LogP contribution in [0.2, 0.25) is 10.0 Å². The molecule has 0 radical (unpaired) electrons. The summed E-state index contributed by atoms with van der Waals surface area (Å²) in [7, 11) is 2.91. The lowest BCUT2D eigenvalue weighted by atomic mass is 10.2. The first-order chi connectivity index (χ1) is 10.8. The van der Waals surface area contributed by atoms with Gasteiger partial charge in [0.25, 0.3) is 5.91 Å². The average Bonchev–Trinajstić information content (AvgIpc) is 2.86. The maximum atomic E-state index is 12.4. The lowest BCUT2D eigenvalue weighted by Gasteiger charge is -2.16. The number of furan rings is 1. The van der Waals surface area contributed by atoms with E-state index < -0.39 is 5.97 Å². The molecule has 0 saturated heterocycles. The number of halogens is 2. The van der Waals surface area contributed by atoms with Crippen LogP contribution in [0.5, 0.6) is 0 Å². The fourth-order valence-corrected chi connectivity index (χ4v) is 2.60. The van der Waals surface area contributed by atoms with Crippen molar-refractivity contribution in [2.75, 3.05) is 14.2 Å². The van der Waals surface area contributed by atoms with E-state index in [1.165, 1.54) is 18.1 Å². The highest BCUT2D eigenvalue weighted by Gasteiger charge is 2.20. The molecule has 1 aromatic heterocycles. The van der Waals surface area contributed by atoms with E-state index in [1.807, 2.05) is 0 Å². The molecule has 0 fully saturated rings. The molecular formula is C16H15Cl2NO4. The van der Waals surface area contributed by atoms with Crippen LogP contribution in [0, 0.1) is 6.92 Å². The zero-order valence-corrected chi connectivity index (χ0v) is 14.4. The third-order valence-electron chi connectivity index (χ3n) is 3.28. The maximum absolute atomic E-state index is 12.4. The van der Waals surface area contributed by atoms with Gasteiger partial charge in [0.05, 0.1) is 24.2 Å². The van der Waals surface area contributed by atoms with Crippen LogP contribution in [0.1, 0.15) is 32.2 Å². The SMILES string of the molecule is COC(=O)c1cc(CN(C)C(=O)c2ccc(Cl)cc2Cl)oc1C. The van der Waals surface area contributed by atoms with E-state index in [0.717, 1.165) is 0 Å². The van der Waals surface area contributed by atoms with Gasteiger partial charge in [-0.15, -0.1) is 0 Å². The van der Waals surface area contributed by atoms with Gasteiger partial charge >= 0.3 is 5.97 Å². The minimum absolute atomic E-state index is 0.190. The summed E-state index contributed by atoms with van der Waals surface area (Å²) in [5.41, 5.74) is 0.683. The number of amides is 1. The Labute approximate surface area is 143 Å². The first-order valence-electron chi connectivity index (χ1n) is 6.71. The fourth-order valence-electron chi connectivity index (χ4n) is 2.11. The molecule has 0 spiro atoms. The molecule has 0 aliphatic rings. The van der Waals surface area contributed by atoms with Crippen molar-refractivity contribution in [3.63, 3.8) is 0 Å². The van der Waals surface area contributed by atoms with Gasteiger partial charge in [-0.25, -0.2) is 4.79 Å². The highest BCUT2D eigenvalue weighted by atomic mass is 35.5. The number of hydrogen-bond donors (Lipinski definition) is 0. The Morgan fingerprint density at radius 1 is 1.22 bits per heavy atom. The van der Waals surface area contributed by atoms with Crippen molar-refractivity contribution in [1.82, 2.24) is 4.90 Å². The molecule has 1 heterocycles. The summed E-state index contributed by atoms with van der Waals surface area (Å²) in [5, 5.41) is 0.735. The number of carbonyl (C=O) groups is 2. The van der Waals surface area contributed by atoms with Gasteiger partial charge in [-0.1, -0.05) is 23.2 Å². The standard InChI is InChI=1S/C16H15Cl2NO4/c1-9-13(16(21)22-3)7-11(23-9)8-19(2)15(20)12-5-4-10(17)6-14(12)18/h4-7H,8H2,1-3H3. The summed E-state index contributed by atoms with van der Waals surface area (Å²) < 4.78 is 10.2. The summed E-state index contributed by atoms with van der Waals surface area (Å²) in [4.78, 5) is 25.4. The van der Waals surface area contributed by atoms with Gasteiger partial charge in [0.2, 0.25) is 0 Å². The molecule has 7 heteroatoms. The first-order valence-corrected chi connectivity index (χ1v) is 7.47. The lowest BCUT2D eigenvalue weighted by molar-refractivity contribution is 0.0598. The summed E-state index contributed by atoms with van der Waals surface area (Å²) in [5.74, 6) is 0.161. The number of esters is 1. The molecule has 122 valence electrons. The summed E-state index contributed by atoms with van der Waals surface area (Å²) >= 11 is 11.9. The molecule has 0 N–H and O–H groups in total. The Balaban J connectivity index is 2.17. The van der Waals surface area contributed by atoms with E-state index in [9.17, 15) is 9.59 Å². The molecule has 0 unspecified atom stereocenters. The molecular weight excluding hydrogens is 341 g/mol. The quantitative estimate of drug-likeness (QED) is 0.779. The largest absolute Gasteiger partial charge is 0.465 e. The third-order valence-corrected chi connectivity index (χ3v) is 3.82. The molecule has 0 aliphatic carbocycles. The Hall–Kier alpha value is -1.98. The topological polar surface area (TPSA) is 59.8 Å². The average molecular weight is 356 g/mol. The number of aryl methyl sites for hydroxylation is 1. The van der Waals surface area contributed by atoms with E-state index in [0.29, 0.717) is 27.7 Å². The third kappa shape index (κ3) is 3.86. The number of ether oxygens (including phenoxy) is 1. The van der Waals surface area contributed by atoms with Gasteiger partial charge in [0.15, 0.2) is 0 Å². The Morgan fingerprint density at radius 2 is 1.91 bits per heavy atom. The molecule has 2 rings (SSSR count). The van der Waals surface area contributed by atoms with Crippen LogP contribution in [0.15, 0.2) is 28.7 Å². The number of benzene rings is 1. The zero-order valence-electron chi connectivity index (χ0n) is 12.9. The van der Waals surface area contributed by atoms with Gasteiger partial charge in [-0.05, 0) is 31.2 Å². The maximum Gasteiger partial charge on any atom is 0.341 e. The van der Waals surface area contributed by atoms with Crippen LogP contribution in [0.3, 0.4) is 0 Å². The molecule has 0 bridgehead atoms. The predicted molar refractivity (Wildman–Crippen MR) is 87.0 cm³/mol. The molecule has 23 heavy (non-hydrogen) atoms. The van der Waals surface area contributed by atoms with E-state index in [-0.39, 0.29) is 17.5 Å². The molecule has 0 saturated carbocycles. The van der Waals surface area contributed by atoms with Gasteiger partial charge in [-0.2, -0.15) is 0 Å². The summed E-state index contributed by atoms with van der Waals surface area (Å²) in [6.45, 7) is 1.85.